The summed E-state index contributed by atoms with van der Waals surface area (Å²) >= 11 is 0. The van der Waals surface area contributed by atoms with Crippen LogP contribution in [0.4, 0.5) is 5.69 Å². The Kier molecular flexibility index (Phi) is 5.55. The Morgan fingerprint density at radius 3 is 2.69 bits per heavy atom. The van der Waals surface area contributed by atoms with Crippen molar-refractivity contribution in [2.45, 2.75) is 26.3 Å². The van der Waals surface area contributed by atoms with E-state index in [4.69, 9.17) is 4.42 Å². The van der Waals surface area contributed by atoms with Crippen LogP contribution in [-0.4, -0.2) is 53.9 Å². The Bertz CT molecular complexity index is 752. The second kappa shape index (κ2) is 8.03. The van der Waals surface area contributed by atoms with Crippen molar-refractivity contribution >= 4 is 17.5 Å². The molecule has 0 aliphatic carbocycles. The summed E-state index contributed by atoms with van der Waals surface area (Å²) in [6, 6.07) is 7.21. The number of hydrogen-bond donors (Lipinski definition) is 1. The zero-order valence-corrected chi connectivity index (χ0v) is 15.1. The number of hydrogen-bond acceptors (Lipinski definition) is 5. The van der Waals surface area contributed by atoms with Crippen LogP contribution >= 0.6 is 0 Å². The van der Waals surface area contributed by atoms with E-state index in [0.717, 1.165) is 12.1 Å². The first-order chi connectivity index (χ1) is 12.6. The maximum absolute atomic E-state index is 12.3. The van der Waals surface area contributed by atoms with Crippen LogP contribution in [0.5, 0.6) is 0 Å². The fourth-order valence-corrected chi connectivity index (χ4v) is 2.86. The van der Waals surface area contributed by atoms with E-state index in [0.29, 0.717) is 37.6 Å². The molecule has 2 aromatic heterocycles. The van der Waals surface area contributed by atoms with Crippen LogP contribution in [0.1, 0.15) is 41.3 Å². The van der Waals surface area contributed by atoms with Crippen LogP contribution in [0.25, 0.3) is 0 Å². The molecule has 26 heavy (non-hydrogen) atoms. The lowest BCUT2D eigenvalue weighted by atomic mass is 10.2. The van der Waals surface area contributed by atoms with Gasteiger partial charge in [-0.15, -0.1) is 0 Å². The van der Waals surface area contributed by atoms with Crippen LogP contribution in [-0.2, 0) is 0 Å². The number of piperazine rings is 1. The van der Waals surface area contributed by atoms with Gasteiger partial charge in [0.2, 0.25) is 0 Å². The molecule has 0 saturated carbocycles. The van der Waals surface area contributed by atoms with E-state index < -0.39 is 0 Å². The van der Waals surface area contributed by atoms with Crippen LogP contribution in [0.2, 0.25) is 0 Å². The first-order valence-corrected chi connectivity index (χ1v) is 8.93. The van der Waals surface area contributed by atoms with E-state index in [1.165, 1.54) is 6.26 Å². The monoisotopic (exact) mass is 356 g/mol. The third-order valence-corrected chi connectivity index (χ3v) is 4.63. The summed E-state index contributed by atoms with van der Waals surface area (Å²) < 4.78 is 5.19. The molecule has 0 aromatic carbocycles. The van der Waals surface area contributed by atoms with Gasteiger partial charge in [-0.1, -0.05) is 6.92 Å². The minimum Gasteiger partial charge on any atom is -0.459 e. The lowest BCUT2D eigenvalue weighted by Gasteiger charge is -2.35. The lowest BCUT2D eigenvalue weighted by molar-refractivity contribution is 0.0714. The molecule has 1 unspecified atom stereocenters. The number of pyridine rings is 1. The summed E-state index contributed by atoms with van der Waals surface area (Å²) in [5.74, 6) is 0.122. The zero-order valence-electron chi connectivity index (χ0n) is 15.1. The number of carbonyl (C=O) groups excluding carboxylic acids is 2. The van der Waals surface area contributed by atoms with Crippen molar-refractivity contribution in [3.8, 4) is 0 Å². The number of nitrogens with zero attached hydrogens (tertiary/aromatic N) is 3. The van der Waals surface area contributed by atoms with E-state index >= 15 is 0 Å². The third-order valence-electron chi connectivity index (χ3n) is 4.63. The molecule has 0 bridgehead atoms. The Morgan fingerprint density at radius 1 is 1.27 bits per heavy atom. The standard InChI is InChI=1S/C19H24N4O3/c1-3-14(2)21-18(24)16-13-15(6-7-20-16)22-8-10-23(11-9-22)19(25)17-5-4-12-26-17/h4-7,12-14H,3,8-11H2,1-2H3,(H,21,24). The van der Waals surface area contributed by atoms with Gasteiger partial charge in [-0.3, -0.25) is 14.6 Å². The van der Waals surface area contributed by atoms with Crippen molar-refractivity contribution in [2.75, 3.05) is 31.1 Å². The second-order valence-electron chi connectivity index (χ2n) is 6.44. The van der Waals surface area contributed by atoms with Crippen LogP contribution in [0.3, 0.4) is 0 Å². The average molecular weight is 356 g/mol. The van der Waals surface area contributed by atoms with Gasteiger partial charge in [0.15, 0.2) is 5.76 Å². The molecule has 1 saturated heterocycles. The van der Waals surface area contributed by atoms with E-state index in [9.17, 15) is 9.59 Å². The van der Waals surface area contributed by atoms with Gasteiger partial charge < -0.3 is 19.5 Å². The summed E-state index contributed by atoms with van der Waals surface area (Å²) in [6.45, 7) is 6.60. The normalized spacial score (nSPS) is 15.6. The molecule has 1 fully saturated rings. The predicted molar refractivity (Wildman–Crippen MR) is 98.3 cm³/mol. The molecule has 1 N–H and O–H groups in total. The molecule has 1 aliphatic rings. The molecule has 0 radical (unpaired) electrons. The second-order valence-corrected chi connectivity index (χ2v) is 6.44. The zero-order chi connectivity index (χ0) is 18.5. The SMILES string of the molecule is CCC(C)NC(=O)c1cc(N2CCN(C(=O)c3ccco3)CC2)ccn1. The summed E-state index contributed by atoms with van der Waals surface area (Å²) in [7, 11) is 0. The first-order valence-electron chi connectivity index (χ1n) is 8.93. The number of carbonyl (C=O) groups is 2. The highest BCUT2D eigenvalue weighted by Crippen LogP contribution is 2.18. The number of furan rings is 1. The predicted octanol–water partition coefficient (Wildman–Crippen LogP) is 2.17. The largest absolute Gasteiger partial charge is 0.459 e. The van der Waals surface area contributed by atoms with Gasteiger partial charge in [0.1, 0.15) is 5.69 Å². The highest BCUT2D eigenvalue weighted by molar-refractivity contribution is 5.93. The number of amides is 2. The molecule has 2 amide bonds. The van der Waals surface area contributed by atoms with Crippen molar-refractivity contribution in [3.63, 3.8) is 0 Å². The first kappa shape index (κ1) is 18.0. The van der Waals surface area contributed by atoms with Crippen molar-refractivity contribution in [1.82, 2.24) is 15.2 Å². The van der Waals surface area contributed by atoms with Crippen molar-refractivity contribution < 1.29 is 14.0 Å². The molecule has 2 aromatic rings. The highest BCUT2D eigenvalue weighted by atomic mass is 16.3. The van der Waals surface area contributed by atoms with Crippen LogP contribution < -0.4 is 10.2 Å². The van der Waals surface area contributed by atoms with Crippen molar-refractivity contribution in [1.29, 1.82) is 0 Å². The van der Waals surface area contributed by atoms with E-state index in [2.05, 4.69) is 15.2 Å². The van der Waals surface area contributed by atoms with E-state index in [1.54, 1.807) is 23.2 Å². The van der Waals surface area contributed by atoms with Crippen molar-refractivity contribution in [2.24, 2.45) is 0 Å². The van der Waals surface area contributed by atoms with Gasteiger partial charge in [0.25, 0.3) is 11.8 Å². The summed E-state index contributed by atoms with van der Waals surface area (Å²) in [5, 5.41) is 2.93. The molecule has 3 rings (SSSR count). The maximum atomic E-state index is 12.3. The van der Waals surface area contributed by atoms with Crippen LogP contribution in [0.15, 0.2) is 41.1 Å². The Morgan fingerprint density at radius 2 is 2.04 bits per heavy atom. The number of aromatic nitrogens is 1. The number of nitrogens with one attached hydrogen (secondary N) is 1. The van der Waals surface area contributed by atoms with Crippen LogP contribution in [0, 0.1) is 0 Å². The topological polar surface area (TPSA) is 78.7 Å². The lowest BCUT2D eigenvalue weighted by Crippen LogP contribution is -2.48. The van der Waals surface area contributed by atoms with Gasteiger partial charge in [-0.25, -0.2) is 0 Å². The Labute approximate surface area is 153 Å². The van der Waals surface area contributed by atoms with Gasteiger partial charge in [-0.2, -0.15) is 0 Å². The van der Waals surface area contributed by atoms with Gasteiger partial charge >= 0.3 is 0 Å². The molecule has 1 aliphatic heterocycles. The molecule has 3 heterocycles. The minimum absolute atomic E-state index is 0.0852. The Balaban J connectivity index is 1.62. The molecule has 1 atom stereocenters. The highest BCUT2D eigenvalue weighted by Gasteiger charge is 2.24. The quantitative estimate of drug-likeness (QED) is 0.888. The number of anilines is 1. The maximum Gasteiger partial charge on any atom is 0.289 e. The average Bonchev–Trinajstić information content (AvgIpc) is 3.22. The smallest absolute Gasteiger partial charge is 0.289 e. The molecule has 7 nitrogen and oxygen atoms in total. The Hall–Kier alpha value is -2.83. The molecule has 0 spiro atoms. The number of rotatable bonds is 5. The molecular formula is C19H24N4O3. The van der Waals surface area contributed by atoms with E-state index in [1.807, 2.05) is 26.0 Å². The molecular weight excluding hydrogens is 332 g/mol. The summed E-state index contributed by atoms with van der Waals surface area (Å²) in [5.41, 5.74) is 1.36. The van der Waals surface area contributed by atoms with Gasteiger partial charge in [0.05, 0.1) is 6.26 Å². The van der Waals surface area contributed by atoms with Gasteiger partial charge in [0, 0.05) is 44.1 Å². The molecule has 7 heteroatoms. The third kappa shape index (κ3) is 4.04. The molecule has 138 valence electrons. The fraction of sp³-hybridized carbons (Fsp3) is 0.421. The minimum atomic E-state index is -0.159. The summed E-state index contributed by atoms with van der Waals surface area (Å²) in [4.78, 5) is 32.7. The van der Waals surface area contributed by atoms with Crippen molar-refractivity contribution in [3.05, 3.63) is 48.2 Å². The van der Waals surface area contributed by atoms with Gasteiger partial charge in [-0.05, 0) is 37.6 Å². The fourth-order valence-electron chi connectivity index (χ4n) is 2.86. The van der Waals surface area contributed by atoms with E-state index in [-0.39, 0.29) is 17.9 Å². The summed E-state index contributed by atoms with van der Waals surface area (Å²) in [6.07, 6.45) is 4.03.